The van der Waals surface area contributed by atoms with Crippen LogP contribution < -0.4 is 5.32 Å². The van der Waals surface area contributed by atoms with Gasteiger partial charge in [0.05, 0.1) is 36.6 Å². The molecule has 6 nitrogen and oxygen atoms in total. The maximum absolute atomic E-state index is 13.4. The summed E-state index contributed by atoms with van der Waals surface area (Å²) in [7, 11) is 0. The highest BCUT2D eigenvalue weighted by atomic mass is 19.2. The Labute approximate surface area is 162 Å². The average molecular weight is 390 g/mol. The number of carbonyl (C=O) groups excluding carboxylic acids is 2. The first-order valence-corrected chi connectivity index (χ1v) is 9.16. The van der Waals surface area contributed by atoms with Gasteiger partial charge in [0.1, 0.15) is 0 Å². The molecule has 0 aliphatic carbocycles. The van der Waals surface area contributed by atoms with Crippen molar-refractivity contribution in [3.63, 3.8) is 0 Å². The number of ketones is 1. The van der Waals surface area contributed by atoms with Crippen molar-refractivity contribution in [2.45, 2.75) is 53.2 Å². The molecule has 2 amide bonds. The number of urea groups is 1. The number of anilines is 1. The molecule has 150 valence electrons. The number of nitrogens with zero attached hydrogens (tertiary/aromatic N) is 3. The lowest BCUT2D eigenvalue weighted by atomic mass is 9.88. The van der Waals surface area contributed by atoms with Gasteiger partial charge in [0, 0.05) is 18.2 Å². The standard InChI is InChI=1S/C20H24F2N4O2/c1-12-10-26-17(14(9-23-26)18(27)8-20(2,3)4)11-25(12)19(28)24-13-5-6-15(21)16(22)7-13/h5-7,9,12H,8,10-11H2,1-4H3,(H,24,28)/t12-/m1/s1. The molecule has 0 radical (unpaired) electrons. The Morgan fingerprint density at radius 3 is 2.61 bits per heavy atom. The maximum atomic E-state index is 13.4. The normalized spacial score (nSPS) is 16.6. The molecule has 2 heterocycles. The first-order chi connectivity index (χ1) is 13.0. The van der Waals surface area contributed by atoms with E-state index in [1.165, 1.54) is 6.07 Å². The van der Waals surface area contributed by atoms with E-state index in [0.29, 0.717) is 24.2 Å². The fraction of sp³-hybridized carbons (Fsp3) is 0.450. The third kappa shape index (κ3) is 4.21. The summed E-state index contributed by atoms with van der Waals surface area (Å²) in [6, 6.07) is 2.57. The van der Waals surface area contributed by atoms with Gasteiger partial charge in [-0.15, -0.1) is 0 Å². The van der Waals surface area contributed by atoms with E-state index in [0.717, 1.165) is 12.1 Å². The van der Waals surface area contributed by atoms with E-state index in [9.17, 15) is 18.4 Å². The molecule has 1 aliphatic rings. The van der Waals surface area contributed by atoms with Gasteiger partial charge in [-0.25, -0.2) is 13.6 Å². The SMILES string of the molecule is C[C@@H]1Cn2ncc(C(=O)CC(C)(C)C)c2CN1C(=O)Nc1ccc(F)c(F)c1. The van der Waals surface area contributed by atoms with Crippen molar-refractivity contribution in [1.82, 2.24) is 14.7 Å². The van der Waals surface area contributed by atoms with Crippen molar-refractivity contribution in [2.24, 2.45) is 5.41 Å². The monoisotopic (exact) mass is 390 g/mol. The molecule has 0 fully saturated rings. The van der Waals surface area contributed by atoms with Gasteiger partial charge in [0.2, 0.25) is 0 Å². The van der Waals surface area contributed by atoms with Crippen LogP contribution in [0.4, 0.5) is 19.3 Å². The fourth-order valence-corrected chi connectivity index (χ4v) is 3.25. The summed E-state index contributed by atoms with van der Waals surface area (Å²) in [5.74, 6) is -2.02. The smallest absolute Gasteiger partial charge is 0.314 e. The molecule has 0 spiro atoms. The van der Waals surface area contributed by atoms with E-state index in [1.54, 1.807) is 15.8 Å². The summed E-state index contributed by atoms with van der Waals surface area (Å²) in [4.78, 5) is 26.9. The second-order valence-corrected chi connectivity index (χ2v) is 8.38. The van der Waals surface area contributed by atoms with E-state index < -0.39 is 17.7 Å². The summed E-state index contributed by atoms with van der Waals surface area (Å²) in [5.41, 5.74) is 1.22. The molecule has 1 aromatic carbocycles. The number of carbonyl (C=O) groups is 2. The summed E-state index contributed by atoms with van der Waals surface area (Å²) in [6.07, 6.45) is 1.94. The lowest BCUT2D eigenvalue weighted by Gasteiger charge is -2.34. The van der Waals surface area contributed by atoms with Gasteiger partial charge in [0.25, 0.3) is 0 Å². The van der Waals surface area contributed by atoms with Crippen molar-refractivity contribution >= 4 is 17.5 Å². The quantitative estimate of drug-likeness (QED) is 0.798. The molecule has 1 aliphatic heterocycles. The maximum Gasteiger partial charge on any atom is 0.322 e. The van der Waals surface area contributed by atoms with E-state index in [1.807, 2.05) is 27.7 Å². The number of rotatable bonds is 3. The van der Waals surface area contributed by atoms with Crippen LogP contribution in [0.25, 0.3) is 0 Å². The lowest BCUT2D eigenvalue weighted by molar-refractivity contribution is 0.0934. The van der Waals surface area contributed by atoms with Gasteiger partial charge in [0.15, 0.2) is 17.4 Å². The van der Waals surface area contributed by atoms with Crippen LogP contribution in [0.3, 0.4) is 0 Å². The fourth-order valence-electron chi connectivity index (χ4n) is 3.25. The van der Waals surface area contributed by atoms with Crippen LogP contribution in [0.5, 0.6) is 0 Å². The highest BCUT2D eigenvalue weighted by Crippen LogP contribution is 2.26. The largest absolute Gasteiger partial charge is 0.322 e. The molecular formula is C20H24F2N4O2. The Kier molecular flexibility index (Phi) is 5.23. The Bertz CT molecular complexity index is 917. The molecule has 0 saturated carbocycles. The second-order valence-electron chi connectivity index (χ2n) is 8.38. The van der Waals surface area contributed by atoms with Crippen LogP contribution in [-0.4, -0.2) is 32.5 Å². The van der Waals surface area contributed by atoms with Crippen LogP contribution >= 0.6 is 0 Å². The van der Waals surface area contributed by atoms with Crippen LogP contribution in [-0.2, 0) is 13.1 Å². The van der Waals surface area contributed by atoms with Gasteiger partial charge in [-0.05, 0) is 24.5 Å². The molecule has 1 N–H and O–H groups in total. The van der Waals surface area contributed by atoms with E-state index in [2.05, 4.69) is 10.4 Å². The molecule has 0 saturated heterocycles. The molecule has 0 unspecified atom stereocenters. The summed E-state index contributed by atoms with van der Waals surface area (Å²) in [5, 5.41) is 6.89. The van der Waals surface area contributed by atoms with Crippen molar-refractivity contribution in [3.8, 4) is 0 Å². The van der Waals surface area contributed by atoms with Gasteiger partial charge in [-0.1, -0.05) is 20.8 Å². The van der Waals surface area contributed by atoms with Crippen molar-refractivity contribution in [1.29, 1.82) is 0 Å². The van der Waals surface area contributed by atoms with E-state index in [-0.39, 0.29) is 29.5 Å². The minimum atomic E-state index is -1.03. The number of hydrogen-bond donors (Lipinski definition) is 1. The number of halogens is 2. The first kappa shape index (κ1) is 20.0. The van der Waals surface area contributed by atoms with Crippen LogP contribution in [0.15, 0.2) is 24.4 Å². The topological polar surface area (TPSA) is 67.2 Å². The Morgan fingerprint density at radius 1 is 1.25 bits per heavy atom. The third-order valence-electron chi connectivity index (χ3n) is 4.66. The Morgan fingerprint density at radius 2 is 1.96 bits per heavy atom. The van der Waals surface area contributed by atoms with Crippen LogP contribution in [0.2, 0.25) is 0 Å². The highest BCUT2D eigenvalue weighted by molar-refractivity contribution is 5.97. The highest BCUT2D eigenvalue weighted by Gasteiger charge is 2.32. The first-order valence-electron chi connectivity index (χ1n) is 9.16. The van der Waals surface area contributed by atoms with Crippen LogP contribution in [0.1, 0.15) is 50.2 Å². The van der Waals surface area contributed by atoms with Gasteiger partial charge < -0.3 is 10.2 Å². The van der Waals surface area contributed by atoms with E-state index in [4.69, 9.17) is 0 Å². The average Bonchev–Trinajstić information content (AvgIpc) is 2.98. The molecule has 8 heteroatoms. The van der Waals surface area contributed by atoms with Gasteiger partial charge >= 0.3 is 6.03 Å². The van der Waals surface area contributed by atoms with Crippen molar-refractivity contribution in [2.75, 3.05) is 5.32 Å². The molecule has 1 aromatic heterocycles. The van der Waals surface area contributed by atoms with E-state index >= 15 is 0 Å². The molecular weight excluding hydrogens is 366 g/mol. The molecule has 28 heavy (non-hydrogen) atoms. The predicted octanol–water partition coefficient (Wildman–Crippen LogP) is 4.22. The minimum absolute atomic E-state index is 0.00994. The Hall–Kier alpha value is -2.77. The number of benzene rings is 1. The number of nitrogens with one attached hydrogen (secondary N) is 1. The molecule has 1 atom stereocenters. The molecule has 3 rings (SSSR count). The number of Topliss-reactive ketones (excluding diaryl/α,β-unsaturated/α-hetero) is 1. The van der Waals surface area contributed by atoms with Gasteiger partial charge in [-0.2, -0.15) is 5.10 Å². The zero-order valence-electron chi connectivity index (χ0n) is 16.4. The molecule has 2 aromatic rings. The second kappa shape index (κ2) is 7.33. The summed E-state index contributed by atoms with van der Waals surface area (Å²) >= 11 is 0. The van der Waals surface area contributed by atoms with Crippen molar-refractivity contribution in [3.05, 3.63) is 47.3 Å². The van der Waals surface area contributed by atoms with Gasteiger partial charge in [-0.3, -0.25) is 9.48 Å². The molecule has 0 bridgehead atoms. The zero-order valence-corrected chi connectivity index (χ0v) is 16.4. The minimum Gasteiger partial charge on any atom is -0.314 e. The van der Waals surface area contributed by atoms with Crippen molar-refractivity contribution < 1.29 is 18.4 Å². The zero-order chi connectivity index (χ0) is 20.6. The van der Waals surface area contributed by atoms with Crippen LogP contribution in [0, 0.1) is 17.0 Å². The number of hydrogen-bond acceptors (Lipinski definition) is 3. The number of aromatic nitrogens is 2. The number of fused-ring (bicyclic) bond motifs is 1. The summed E-state index contributed by atoms with van der Waals surface area (Å²) < 4.78 is 28.2. The Balaban J connectivity index is 1.79. The number of amides is 2. The third-order valence-corrected chi connectivity index (χ3v) is 4.66. The predicted molar refractivity (Wildman–Crippen MR) is 101 cm³/mol. The lowest BCUT2D eigenvalue weighted by Crippen LogP contribution is -2.47. The summed E-state index contributed by atoms with van der Waals surface area (Å²) in [6.45, 7) is 8.50.